The van der Waals surface area contributed by atoms with Gasteiger partial charge in [-0.15, -0.1) is 0 Å². The van der Waals surface area contributed by atoms with Gasteiger partial charge in [0.15, 0.2) is 0 Å². The number of halogens is 2. The van der Waals surface area contributed by atoms with Crippen molar-refractivity contribution in [3.05, 3.63) is 33.6 Å². The molecule has 0 bridgehead atoms. The number of rotatable bonds is 1. The van der Waals surface area contributed by atoms with Gasteiger partial charge in [-0.05, 0) is 47.0 Å². The van der Waals surface area contributed by atoms with Gasteiger partial charge < -0.3 is 0 Å². The molecule has 1 aromatic carbocycles. The summed E-state index contributed by atoms with van der Waals surface area (Å²) >= 11 is 9.40. The second-order valence-corrected chi connectivity index (χ2v) is 5.00. The van der Waals surface area contributed by atoms with Crippen LogP contribution in [0.25, 0.3) is 10.9 Å². The Morgan fingerprint density at radius 2 is 2.07 bits per heavy atom. The fraction of sp³-hybridized carbons (Fsp3) is 0.273. The molecule has 76 valence electrons. The molecule has 0 radical (unpaired) electrons. The van der Waals surface area contributed by atoms with Crippen LogP contribution in [-0.4, -0.2) is 9.97 Å². The molecule has 3 rings (SSSR count). The van der Waals surface area contributed by atoms with Crippen LogP contribution in [0.15, 0.2) is 22.8 Å². The van der Waals surface area contributed by atoms with E-state index in [4.69, 9.17) is 11.6 Å². The molecular formula is C11H8BrClN2. The molecule has 1 aromatic heterocycles. The Morgan fingerprint density at radius 1 is 1.27 bits per heavy atom. The third-order valence-corrected chi connectivity index (χ3v) is 3.41. The molecule has 2 aromatic rings. The highest BCUT2D eigenvalue weighted by Gasteiger charge is 2.27. The van der Waals surface area contributed by atoms with Gasteiger partial charge in [0, 0.05) is 16.3 Å². The summed E-state index contributed by atoms with van der Waals surface area (Å²) in [4.78, 5) is 8.99. The molecule has 0 unspecified atom stereocenters. The van der Waals surface area contributed by atoms with Gasteiger partial charge in [0.25, 0.3) is 0 Å². The Balaban J connectivity index is 2.26. The van der Waals surface area contributed by atoms with Crippen LogP contribution in [0.4, 0.5) is 0 Å². The maximum atomic E-state index is 5.93. The summed E-state index contributed by atoms with van der Waals surface area (Å²) in [5.74, 6) is 1.53. The van der Waals surface area contributed by atoms with Crippen LogP contribution in [-0.2, 0) is 0 Å². The minimum atomic E-state index is 0.571. The molecule has 1 aliphatic rings. The molecule has 1 aliphatic carbocycles. The first-order valence-electron chi connectivity index (χ1n) is 4.87. The summed E-state index contributed by atoms with van der Waals surface area (Å²) in [7, 11) is 0. The van der Waals surface area contributed by atoms with Crippen LogP contribution in [0, 0.1) is 0 Å². The van der Waals surface area contributed by atoms with E-state index in [2.05, 4.69) is 25.9 Å². The van der Waals surface area contributed by atoms with Crippen LogP contribution in [0.1, 0.15) is 24.6 Å². The second kappa shape index (κ2) is 3.42. The molecule has 0 spiro atoms. The van der Waals surface area contributed by atoms with Gasteiger partial charge in [0.05, 0.1) is 5.52 Å². The van der Waals surface area contributed by atoms with E-state index in [1.165, 1.54) is 12.8 Å². The number of aromatic nitrogens is 2. The van der Waals surface area contributed by atoms with Crippen molar-refractivity contribution in [2.45, 2.75) is 18.8 Å². The van der Waals surface area contributed by atoms with Crippen molar-refractivity contribution >= 4 is 38.4 Å². The zero-order chi connectivity index (χ0) is 10.4. The first kappa shape index (κ1) is 9.55. The van der Waals surface area contributed by atoms with E-state index in [1.807, 2.05) is 18.2 Å². The van der Waals surface area contributed by atoms with Crippen LogP contribution < -0.4 is 0 Å². The lowest BCUT2D eigenvalue weighted by Crippen LogP contribution is -1.94. The standard InChI is InChI=1S/C11H8BrClN2/c12-10-8-5-7(13)3-4-9(8)14-11(15-10)6-1-2-6/h3-6H,1-2H2. The lowest BCUT2D eigenvalue weighted by molar-refractivity contribution is 0.938. The molecule has 15 heavy (non-hydrogen) atoms. The first-order valence-corrected chi connectivity index (χ1v) is 6.04. The van der Waals surface area contributed by atoms with E-state index in [0.717, 1.165) is 21.3 Å². The summed E-state index contributed by atoms with van der Waals surface area (Å²) in [6.07, 6.45) is 2.43. The zero-order valence-electron chi connectivity index (χ0n) is 7.87. The fourth-order valence-corrected chi connectivity index (χ4v) is 2.28. The second-order valence-electron chi connectivity index (χ2n) is 3.81. The van der Waals surface area contributed by atoms with Gasteiger partial charge in [-0.3, -0.25) is 0 Å². The predicted octanol–water partition coefficient (Wildman–Crippen LogP) is 3.92. The molecule has 2 nitrogen and oxygen atoms in total. The van der Waals surface area contributed by atoms with Gasteiger partial charge in [-0.25, -0.2) is 9.97 Å². The smallest absolute Gasteiger partial charge is 0.133 e. The van der Waals surface area contributed by atoms with Crippen molar-refractivity contribution in [3.8, 4) is 0 Å². The average Bonchev–Trinajstić information content (AvgIpc) is 3.02. The molecule has 1 heterocycles. The molecular weight excluding hydrogens is 275 g/mol. The Labute approximate surface area is 101 Å². The van der Waals surface area contributed by atoms with Crippen molar-refractivity contribution in [3.63, 3.8) is 0 Å². The van der Waals surface area contributed by atoms with E-state index < -0.39 is 0 Å². The van der Waals surface area contributed by atoms with Crippen molar-refractivity contribution in [1.29, 1.82) is 0 Å². The van der Waals surface area contributed by atoms with Gasteiger partial charge in [-0.2, -0.15) is 0 Å². The summed E-state index contributed by atoms with van der Waals surface area (Å²) < 4.78 is 0.844. The minimum absolute atomic E-state index is 0.571. The van der Waals surface area contributed by atoms with E-state index in [0.29, 0.717) is 10.9 Å². The Kier molecular flexibility index (Phi) is 2.18. The summed E-state index contributed by atoms with van der Waals surface area (Å²) in [6, 6.07) is 5.69. The monoisotopic (exact) mass is 282 g/mol. The number of nitrogens with zero attached hydrogens (tertiary/aromatic N) is 2. The Hall–Kier alpha value is -0.670. The van der Waals surface area contributed by atoms with Crippen LogP contribution in [0.2, 0.25) is 5.02 Å². The predicted molar refractivity (Wildman–Crippen MR) is 64.2 cm³/mol. The largest absolute Gasteiger partial charge is 0.233 e. The SMILES string of the molecule is Clc1ccc2nc(C3CC3)nc(Br)c2c1. The maximum absolute atomic E-state index is 5.93. The third-order valence-electron chi connectivity index (χ3n) is 2.57. The van der Waals surface area contributed by atoms with Crippen molar-refractivity contribution in [1.82, 2.24) is 9.97 Å². The highest BCUT2D eigenvalue weighted by atomic mass is 79.9. The molecule has 4 heteroatoms. The number of hydrogen-bond acceptors (Lipinski definition) is 2. The van der Waals surface area contributed by atoms with Gasteiger partial charge >= 0.3 is 0 Å². The summed E-state index contributed by atoms with van der Waals surface area (Å²) in [5, 5.41) is 1.69. The fourth-order valence-electron chi connectivity index (χ4n) is 1.60. The number of fused-ring (bicyclic) bond motifs is 1. The van der Waals surface area contributed by atoms with Gasteiger partial charge in [-0.1, -0.05) is 11.6 Å². The normalized spacial score (nSPS) is 15.9. The zero-order valence-corrected chi connectivity index (χ0v) is 10.2. The molecule has 0 saturated heterocycles. The molecule has 0 amide bonds. The molecule has 1 saturated carbocycles. The Bertz CT molecular complexity index is 537. The number of benzene rings is 1. The quantitative estimate of drug-likeness (QED) is 0.741. The minimum Gasteiger partial charge on any atom is -0.233 e. The molecule has 0 N–H and O–H groups in total. The topological polar surface area (TPSA) is 25.8 Å². The van der Waals surface area contributed by atoms with Gasteiger partial charge in [0.2, 0.25) is 0 Å². The van der Waals surface area contributed by atoms with E-state index in [9.17, 15) is 0 Å². The highest BCUT2D eigenvalue weighted by molar-refractivity contribution is 9.10. The van der Waals surface area contributed by atoms with Gasteiger partial charge in [0.1, 0.15) is 10.4 Å². The molecule has 0 aliphatic heterocycles. The molecule has 1 fully saturated rings. The van der Waals surface area contributed by atoms with Crippen LogP contribution in [0.5, 0.6) is 0 Å². The van der Waals surface area contributed by atoms with E-state index in [1.54, 1.807) is 0 Å². The average molecular weight is 284 g/mol. The highest BCUT2D eigenvalue weighted by Crippen LogP contribution is 2.39. The summed E-state index contributed by atoms with van der Waals surface area (Å²) in [6.45, 7) is 0. The van der Waals surface area contributed by atoms with Crippen LogP contribution >= 0.6 is 27.5 Å². The molecule has 0 atom stereocenters. The van der Waals surface area contributed by atoms with Crippen molar-refractivity contribution < 1.29 is 0 Å². The van der Waals surface area contributed by atoms with E-state index in [-0.39, 0.29) is 0 Å². The lowest BCUT2D eigenvalue weighted by atomic mass is 10.2. The van der Waals surface area contributed by atoms with E-state index >= 15 is 0 Å². The lowest BCUT2D eigenvalue weighted by Gasteiger charge is -2.03. The third kappa shape index (κ3) is 1.74. The van der Waals surface area contributed by atoms with Crippen molar-refractivity contribution in [2.75, 3.05) is 0 Å². The van der Waals surface area contributed by atoms with Crippen LogP contribution in [0.3, 0.4) is 0 Å². The van der Waals surface area contributed by atoms with Crippen molar-refractivity contribution in [2.24, 2.45) is 0 Å². The Morgan fingerprint density at radius 3 is 2.80 bits per heavy atom. The first-order chi connectivity index (χ1) is 7.24. The number of hydrogen-bond donors (Lipinski definition) is 0. The maximum Gasteiger partial charge on any atom is 0.133 e. The summed E-state index contributed by atoms with van der Waals surface area (Å²) in [5.41, 5.74) is 0.961.